The van der Waals surface area contributed by atoms with E-state index in [1.165, 1.54) is 143 Å². The fourth-order valence-electron chi connectivity index (χ4n) is 13.2. The first kappa shape index (κ1) is 74.8. The van der Waals surface area contributed by atoms with E-state index in [0.29, 0.717) is 26.4 Å². The van der Waals surface area contributed by atoms with Crippen LogP contribution in [-0.4, -0.2) is 5.78 Å². The molecule has 0 N–H and O–H groups in total. The maximum atomic E-state index is 9.44. The number of ketones is 1. The molecule has 0 heterocycles. The molecule has 16 aromatic rings. The number of fused-ring (bicyclic) bond motifs is 4. The molecule has 504 valence electrons. The SMILES string of the molecule is CC(C)=O.[Br][Ru][Br].[Br][Ru][Br].c1ccc(P(c2ccccc2)c2ccc3ccccc3c2-c2c(P(c3ccccc3)c3ccccc3)ccc3ccccc23)cc1.c1ccc(P(c2ccccc2)c2ccc3ccccc3c2-c2c(P(c3ccccc3)c3ccccc3)ccc3ccccc23)cc1. The van der Waals surface area contributed by atoms with Gasteiger partial charge in [0.2, 0.25) is 0 Å². The van der Waals surface area contributed by atoms with Gasteiger partial charge in [-0.1, -0.05) is 388 Å². The number of hydrogen-bond acceptors (Lipinski definition) is 1. The van der Waals surface area contributed by atoms with Crippen molar-refractivity contribution in [3.8, 4) is 22.3 Å². The Balaban J connectivity index is 0.000000171. The molecule has 11 heteroatoms. The molecule has 0 unspecified atom stereocenters. The van der Waals surface area contributed by atoms with E-state index in [4.69, 9.17) is 0 Å². The predicted octanol–water partition coefficient (Wildman–Crippen LogP) is 22.3. The van der Waals surface area contributed by atoms with E-state index in [0.717, 1.165) is 0 Å². The summed E-state index contributed by atoms with van der Waals surface area (Å²) in [6.45, 7) is 3.06. The second-order valence-electron chi connectivity index (χ2n) is 23.8. The number of Topliss-reactive ketones (excluding diaryl/α,β-unsaturated/α-hetero) is 1. The minimum atomic E-state index is -0.852. The predicted molar refractivity (Wildman–Crippen MR) is 461 cm³/mol. The van der Waals surface area contributed by atoms with E-state index >= 15 is 0 Å². The summed E-state index contributed by atoms with van der Waals surface area (Å²) in [6, 6.07) is 144. The van der Waals surface area contributed by atoms with Crippen LogP contribution in [0.5, 0.6) is 0 Å². The average molecular weight is 1830 g/mol. The van der Waals surface area contributed by atoms with E-state index in [-0.39, 0.29) is 5.78 Å². The Morgan fingerprint density at radius 1 is 0.206 bits per heavy atom. The van der Waals surface area contributed by atoms with Crippen LogP contribution >= 0.6 is 86.2 Å². The molecule has 0 spiro atoms. The molecule has 0 aliphatic carbocycles. The largest absolute Gasteiger partial charge is 0.0622 e. The molecule has 0 saturated carbocycles. The fourth-order valence-corrected chi connectivity index (χ4v) is 23.1. The Kier molecular flexibility index (Phi) is 28.0. The molecule has 0 aromatic heterocycles. The first-order valence-electron chi connectivity index (χ1n) is 33.2. The Labute approximate surface area is 647 Å². The van der Waals surface area contributed by atoms with Gasteiger partial charge in [0.05, 0.1) is 0 Å². The molecule has 0 atom stereocenters. The standard InChI is InChI=1S/2C44H32P2.C3H6O.4BrH.2Ru/c2*1-5-19-35(20-6-1)45(36-21-7-2-8-22-36)41-31-29-33-17-13-15-27-39(33)43(41)44-40-28-16-14-18-34(40)30-32-42(44)46(37-23-9-3-10-24-37)38-25-11-4-12-26-38;1-3(2)4;;;;;;/h2*1-32H;1-2H3;4*1H;;/q;;;;;;;2*+2/p-4. The number of rotatable bonds is 14. The van der Waals surface area contributed by atoms with Gasteiger partial charge in [0.15, 0.2) is 0 Å². The summed E-state index contributed by atoms with van der Waals surface area (Å²) in [5.74, 6) is 0.167. The second-order valence-corrected chi connectivity index (χ2v) is 48.5. The molecular formula is C91H70Br4OP4Ru2. The van der Waals surface area contributed by atoms with Gasteiger partial charge in [-0.15, -0.1) is 0 Å². The van der Waals surface area contributed by atoms with E-state index < -0.39 is 31.7 Å². The van der Waals surface area contributed by atoms with Crippen molar-refractivity contribution in [1.29, 1.82) is 0 Å². The molecule has 0 bridgehead atoms. The van der Waals surface area contributed by atoms with E-state index in [9.17, 15) is 4.79 Å². The molecule has 0 amide bonds. The van der Waals surface area contributed by atoms with Crippen molar-refractivity contribution in [2.24, 2.45) is 0 Å². The third kappa shape index (κ3) is 18.1. The molecule has 0 saturated heterocycles. The van der Waals surface area contributed by atoms with E-state index in [1.807, 2.05) is 0 Å². The summed E-state index contributed by atoms with van der Waals surface area (Å²) in [6.07, 6.45) is 0. The van der Waals surface area contributed by atoms with Crippen LogP contribution in [0.3, 0.4) is 0 Å². The van der Waals surface area contributed by atoms with Crippen LogP contribution < -0.4 is 63.7 Å². The second kappa shape index (κ2) is 38.2. The molecule has 0 aliphatic rings. The summed E-state index contributed by atoms with van der Waals surface area (Å²) in [7, 11) is -3.41. The summed E-state index contributed by atoms with van der Waals surface area (Å²) >= 11 is 13.3. The van der Waals surface area contributed by atoms with Gasteiger partial charge in [0.25, 0.3) is 0 Å². The molecule has 16 aromatic carbocycles. The first-order valence-corrected chi connectivity index (χ1v) is 54.4. The molecule has 0 radical (unpaired) electrons. The number of benzene rings is 16. The smallest absolute Gasteiger partial charge is 0.000884 e. The van der Waals surface area contributed by atoms with E-state index in [1.54, 1.807) is 0 Å². The van der Waals surface area contributed by atoms with Gasteiger partial charge in [-0.2, -0.15) is 0 Å². The Bertz CT molecular complexity index is 4530. The van der Waals surface area contributed by atoms with Crippen molar-refractivity contribution in [1.82, 2.24) is 0 Å². The summed E-state index contributed by atoms with van der Waals surface area (Å²) in [5, 5.41) is 26.7. The minimum Gasteiger partial charge on any atom is -0.0622 e. The minimum absolute atomic E-state index is 0.167. The van der Waals surface area contributed by atoms with Gasteiger partial charge in [-0.25, -0.2) is 0 Å². The first-order chi connectivity index (χ1) is 50.3. The Morgan fingerprint density at radius 2 is 0.333 bits per heavy atom. The van der Waals surface area contributed by atoms with Gasteiger partial charge in [-0.05, 0) is 175 Å². The van der Waals surface area contributed by atoms with Crippen molar-refractivity contribution in [3.05, 3.63) is 388 Å². The zero-order chi connectivity index (χ0) is 70.4. The number of carbonyl (C=O) groups is 1. The van der Waals surface area contributed by atoms with Gasteiger partial charge in [0, 0.05) is 0 Å². The quantitative estimate of drug-likeness (QED) is 0.0783. The Hall–Kier alpha value is -6.88. The third-order valence-corrected chi connectivity index (χ3v) is 27.1. The third-order valence-electron chi connectivity index (χ3n) is 17.2. The summed E-state index contributed by atoms with van der Waals surface area (Å²) < 4.78 is 0. The average Bonchev–Trinajstić information content (AvgIpc) is 0.739. The van der Waals surface area contributed by atoms with Gasteiger partial charge in [0.1, 0.15) is 5.78 Å². The molecule has 0 fully saturated rings. The topological polar surface area (TPSA) is 17.1 Å². The van der Waals surface area contributed by atoms with E-state index in [2.05, 4.69) is 443 Å². The molecule has 102 heavy (non-hydrogen) atoms. The van der Waals surface area contributed by atoms with Gasteiger partial charge < -0.3 is 4.79 Å². The van der Waals surface area contributed by atoms with Crippen LogP contribution in [-0.2, 0) is 31.2 Å². The molecule has 0 aliphatic heterocycles. The maximum absolute atomic E-state index is 9.44. The van der Waals surface area contributed by atoms with Crippen LogP contribution in [0.15, 0.2) is 388 Å². The summed E-state index contributed by atoms with van der Waals surface area (Å²) in [5.41, 5.74) is 5.40. The maximum Gasteiger partial charge on any atom is -0.000884 e. The van der Waals surface area contributed by atoms with Crippen LogP contribution in [0.25, 0.3) is 65.3 Å². The van der Waals surface area contributed by atoms with Gasteiger partial charge >= 0.3 is 80.9 Å². The number of halogens is 4. The summed E-state index contributed by atoms with van der Waals surface area (Å²) in [4.78, 5) is 9.44. The fraction of sp³-hybridized carbons (Fsp3) is 0.0220. The van der Waals surface area contributed by atoms with Gasteiger partial charge in [-0.3, -0.25) is 0 Å². The van der Waals surface area contributed by atoms with Crippen LogP contribution in [0, 0.1) is 0 Å². The van der Waals surface area contributed by atoms with Crippen molar-refractivity contribution in [3.63, 3.8) is 0 Å². The number of hydrogen-bond donors (Lipinski definition) is 0. The zero-order valence-electron chi connectivity index (χ0n) is 55.9. The van der Waals surface area contributed by atoms with Crippen LogP contribution in [0.1, 0.15) is 13.8 Å². The van der Waals surface area contributed by atoms with Crippen molar-refractivity contribution in [2.45, 2.75) is 13.8 Å². The van der Waals surface area contributed by atoms with Crippen molar-refractivity contribution >= 4 is 199 Å². The zero-order valence-corrected chi connectivity index (χ0v) is 69.3. The number of carbonyl (C=O) groups excluding carboxylic acids is 1. The van der Waals surface area contributed by atoms with Crippen molar-refractivity contribution < 1.29 is 31.2 Å². The molecule has 16 rings (SSSR count). The molecular weight excluding hydrogens is 1750 g/mol. The van der Waals surface area contributed by atoms with Crippen LogP contribution in [0.4, 0.5) is 0 Å². The Morgan fingerprint density at radius 3 is 0.480 bits per heavy atom. The monoisotopic (exact) mass is 1820 g/mol. The van der Waals surface area contributed by atoms with Crippen LogP contribution in [0.2, 0.25) is 0 Å². The van der Waals surface area contributed by atoms with Crippen molar-refractivity contribution in [2.75, 3.05) is 0 Å². The normalized spacial score (nSPS) is 11.0. The molecule has 1 nitrogen and oxygen atoms in total.